The fourth-order valence-corrected chi connectivity index (χ4v) is 2.39. The van der Waals surface area contributed by atoms with E-state index in [1.165, 1.54) is 24.3 Å². The predicted octanol–water partition coefficient (Wildman–Crippen LogP) is 6.58. The maximum absolute atomic E-state index is 13.8. The molecule has 1 rings (SSSR count). The Morgan fingerprint density at radius 1 is 0.852 bits per heavy atom. The topological polar surface area (TPSA) is 9.23 Å². The van der Waals surface area contributed by atoms with Crippen molar-refractivity contribution in [3.8, 4) is 0 Å². The van der Waals surface area contributed by atoms with Crippen LogP contribution >= 0.6 is 0 Å². The Bertz CT molecular complexity index is 593. The van der Waals surface area contributed by atoms with Gasteiger partial charge in [-0.05, 0) is 24.0 Å². The second-order valence-electron chi connectivity index (χ2n) is 6.12. The second-order valence-corrected chi connectivity index (χ2v) is 6.12. The van der Waals surface area contributed by atoms with Crippen molar-refractivity contribution in [3.05, 3.63) is 35.4 Å². The zero-order valence-electron chi connectivity index (χ0n) is 14.5. The Kier molecular flexibility index (Phi) is 7.23. The molecule has 0 spiro atoms. The molecule has 0 aliphatic heterocycles. The van der Waals surface area contributed by atoms with E-state index in [0.717, 1.165) is 25.5 Å². The molecule has 0 aliphatic carbocycles. The largest absolute Gasteiger partial charge is 0.460 e. The lowest BCUT2D eigenvalue weighted by atomic mass is 9.94. The zero-order chi connectivity index (χ0) is 21.1. The number of benzene rings is 1. The van der Waals surface area contributed by atoms with Crippen molar-refractivity contribution in [2.75, 3.05) is 7.11 Å². The van der Waals surface area contributed by atoms with E-state index in [0.29, 0.717) is 6.42 Å². The third-order valence-corrected chi connectivity index (χ3v) is 4.11. The Balaban J connectivity index is 3.07. The molecule has 1 unspecified atom stereocenters. The Labute approximate surface area is 150 Å². The van der Waals surface area contributed by atoms with Crippen LogP contribution in [-0.2, 0) is 11.2 Å². The van der Waals surface area contributed by atoms with Gasteiger partial charge in [-0.3, -0.25) is 0 Å². The van der Waals surface area contributed by atoms with Gasteiger partial charge >= 0.3 is 23.9 Å². The molecule has 0 aliphatic rings. The van der Waals surface area contributed by atoms with Gasteiger partial charge in [0.1, 0.15) is 0 Å². The van der Waals surface area contributed by atoms with Crippen molar-refractivity contribution in [2.24, 2.45) is 0 Å². The lowest BCUT2D eigenvalue weighted by molar-refractivity contribution is -0.398. The molecule has 0 heterocycles. The summed E-state index contributed by atoms with van der Waals surface area (Å²) >= 11 is 0. The van der Waals surface area contributed by atoms with Crippen LogP contribution in [0.5, 0.6) is 0 Å². The average molecular weight is 410 g/mol. The lowest BCUT2D eigenvalue weighted by Gasteiger charge is -2.35. The summed E-state index contributed by atoms with van der Waals surface area (Å²) in [6, 6.07) is 5.62. The maximum atomic E-state index is 13.8. The van der Waals surface area contributed by atoms with Gasteiger partial charge in [0.2, 0.25) is 0 Å². The predicted molar refractivity (Wildman–Crippen MR) is 80.3 cm³/mol. The number of hydrogen-bond donors (Lipinski definition) is 0. The molecule has 27 heavy (non-hydrogen) atoms. The van der Waals surface area contributed by atoms with Gasteiger partial charge in [0.05, 0.1) is 6.10 Å². The molecule has 0 bridgehead atoms. The molecule has 0 fully saturated rings. The van der Waals surface area contributed by atoms with Crippen molar-refractivity contribution in [1.82, 2.24) is 0 Å². The van der Waals surface area contributed by atoms with Crippen LogP contribution < -0.4 is 0 Å². The van der Waals surface area contributed by atoms with Gasteiger partial charge in [-0.1, -0.05) is 37.6 Å². The molecule has 0 saturated carbocycles. The van der Waals surface area contributed by atoms with Crippen LogP contribution in [0.1, 0.15) is 43.4 Å². The highest BCUT2D eigenvalue weighted by Crippen LogP contribution is 2.55. The molecule has 1 aromatic carbocycles. The Hall–Kier alpha value is -1.45. The number of aryl methyl sites for hydroxylation is 1. The van der Waals surface area contributed by atoms with Crippen LogP contribution in [0, 0.1) is 0 Å². The van der Waals surface area contributed by atoms with Gasteiger partial charge < -0.3 is 4.74 Å². The van der Waals surface area contributed by atoms with E-state index in [-0.39, 0.29) is 5.56 Å². The van der Waals surface area contributed by atoms with Crippen molar-refractivity contribution >= 4 is 0 Å². The van der Waals surface area contributed by atoms with Gasteiger partial charge in [-0.15, -0.1) is 0 Å². The zero-order valence-corrected chi connectivity index (χ0v) is 14.5. The minimum absolute atomic E-state index is 0.0384. The van der Waals surface area contributed by atoms with Crippen molar-refractivity contribution in [2.45, 2.75) is 62.7 Å². The number of ether oxygens (including phenoxy) is 1. The summed E-state index contributed by atoms with van der Waals surface area (Å²) in [6.45, 7) is 1.95. The fraction of sp³-hybridized carbons (Fsp3) is 0.647. The van der Waals surface area contributed by atoms with E-state index >= 15 is 0 Å². The molecular weight excluding hydrogens is 391 g/mol. The molecular formula is C17H19F9O. The van der Waals surface area contributed by atoms with E-state index < -0.39 is 36.5 Å². The number of halogens is 9. The van der Waals surface area contributed by atoms with Crippen LogP contribution in [0.25, 0.3) is 0 Å². The molecule has 0 radical (unpaired) electrons. The van der Waals surface area contributed by atoms with Gasteiger partial charge in [0.15, 0.2) is 0 Å². The van der Waals surface area contributed by atoms with Gasteiger partial charge in [-0.25, -0.2) is 0 Å². The Morgan fingerprint density at radius 2 is 1.37 bits per heavy atom. The summed E-state index contributed by atoms with van der Waals surface area (Å²) in [6.07, 6.45) is -8.24. The van der Waals surface area contributed by atoms with Gasteiger partial charge in [0.25, 0.3) is 0 Å². The summed E-state index contributed by atoms with van der Waals surface area (Å²) in [5.74, 6) is -19.2. The number of hydrogen-bond acceptors (Lipinski definition) is 1. The molecule has 0 saturated heterocycles. The van der Waals surface area contributed by atoms with E-state index in [4.69, 9.17) is 0 Å². The minimum Gasteiger partial charge on any atom is -0.377 e. The summed E-state index contributed by atoms with van der Waals surface area (Å²) in [5.41, 5.74) is 0.791. The number of rotatable bonds is 9. The molecule has 1 nitrogen and oxygen atoms in total. The molecule has 0 amide bonds. The number of alkyl halides is 9. The molecule has 10 heteroatoms. The molecule has 0 aromatic heterocycles. The molecule has 1 aromatic rings. The highest BCUT2D eigenvalue weighted by atomic mass is 19.4. The highest BCUT2D eigenvalue weighted by Gasteiger charge is 2.81. The van der Waals surface area contributed by atoms with Crippen molar-refractivity contribution in [1.29, 1.82) is 0 Å². The molecule has 0 N–H and O–H groups in total. The number of unbranched alkanes of at least 4 members (excludes halogenated alkanes) is 1. The smallest absolute Gasteiger partial charge is 0.377 e. The summed E-state index contributed by atoms with van der Waals surface area (Å²) < 4.78 is 121. The van der Waals surface area contributed by atoms with Crippen LogP contribution in [0.3, 0.4) is 0 Å². The minimum atomic E-state index is -6.90. The first-order valence-corrected chi connectivity index (χ1v) is 8.03. The SMILES string of the molecule is CCCCc1ccc(C(CC(F)(F)C(F)(F)C(F)(F)C(F)(F)F)OC)cc1. The maximum Gasteiger partial charge on any atom is 0.460 e. The molecule has 1 atom stereocenters. The van der Waals surface area contributed by atoms with Crippen LogP contribution in [0.15, 0.2) is 24.3 Å². The summed E-state index contributed by atoms with van der Waals surface area (Å²) in [7, 11) is 0.867. The standard InChI is InChI=1S/C17H19F9O/c1-3-4-5-11-6-8-12(9-7-11)13(27-2)10-14(18,19)15(20,21)16(22,23)17(24,25)26/h6-9,13H,3-5,10H2,1-2H3. The van der Waals surface area contributed by atoms with Crippen molar-refractivity contribution in [3.63, 3.8) is 0 Å². The summed E-state index contributed by atoms with van der Waals surface area (Å²) in [5, 5.41) is 0. The van der Waals surface area contributed by atoms with E-state index in [1.54, 1.807) is 0 Å². The van der Waals surface area contributed by atoms with Crippen molar-refractivity contribution < 1.29 is 44.3 Å². The number of methoxy groups -OCH3 is 1. The Morgan fingerprint density at radius 3 is 1.78 bits per heavy atom. The third kappa shape index (κ3) is 4.89. The van der Waals surface area contributed by atoms with E-state index in [2.05, 4.69) is 4.74 Å². The fourth-order valence-electron chi connectivity index (χ4n) is 2.39. The van der Waals surface area contributed by atoms with Crippen LogP contribution in [-0.4, -0.2) is 31.1 Å². The molecule has 156 valence electrons. The highest BCUT2D eigenvalue weighted by molar-refractivity contribution is 5.25. The monoisotopic (exact) mass is 410 g/mol. The van der Waals surface area contributed by atoms with E-state index in [9.17, 15) is 39.5 Å². The quantitative estimate of drug-likeness (QED) is 0.418. The third-order valence-electron chi connectivity index (χ3n) is 4.11. The van der Waals surface area contributed by atoms with Crippen LogP contribution in [0.4, 0.5) is 39.5 Å². The average Bonchev–Trinajstić information content (AvgIpc) is 2.57. The first-order valence-electron chi connectivity index (χ1n) is 8.03. The first kappa shape index (κ1) is 23.6. The van der Waals surface area contributed by atoms with Gasteiger partial charge in [-0.2, -0.15) is 39.5 Å². The second kappa shape index (κ2) is 8.28. The first-order chi connectivity index (χ1) is 12.2. The van der Waals surface area contributed by atoms with Crippen LogP contribution in [0.2, 0.25) is 0 Å². The van der Waals surface area contributed by atoms with Gasteiger partial charge in [0, 0.05) is 13.5 Å². The normalized spacial score (nSPS) is 15.1. The lowest BCUT2D eigenvalue weighted by Crippen LogP contribution is -2.61. The van der Waals surface area contributed by atoms with E-state index in [1.807, 2.05) is 6.92 Å². The summed E-state index contributed by atoms with van der Waals surface area (Å²) in [4.78, 5) is 0.